The van der Waals surface area contributed by atoms with E-state index in [1.54, 1.807) is 0 Å². The van der Waals surface area contributed by atoms with Crippen molar-refractivity contribution in [2.75, 3.05) is 12.4 Å². The minimum atomic E-state index is -0.778. The molecule has 2 aromatic carbocycles. The van der Waals surface area contributed by atoms with Gasteiger partial charge in [-0.1, -0.05) is 49.2 Å². The van der Waals surface area contributed by atoms with Gasteiger partial charge < -0.3 is 10.1 Å². The highest BCUT2D eigenvalue weighted by Crippen LogP contribution is 2.35. The SMILES string of the molecule is COC(=O)C1(Nc2nc(Sc3ccccc3)nc(Sc3ccccc3)n2)CCCC1. The van der Waals surface area contributed by atoms with E-state index in [1.165, 1.54) is 30.6 Å². The van der Waals surface area contributed by atoms with Gasteiger partial charge in [0.2, 0.25) is 5.95 Å². The van der Waals surface area contributed by atoms with E-state index in [0.717, 1.165) is 22.6 Å². The third kappa shape index (κ3) is 4.94. The minimum Gasteiger partial charge on any atom is -0.467 e. The highest BCUT2D eigenvalue weighted by Gasteiger charge is 2.43. The molecule has 0 amide bonds. The quantitative estimate of drug-likeness (QED) is 0.512. The molecule has 1 aliphatic carbocycles. The summed E-state index contributed by atoms with van der Waals surface area (Å²) in [6, 6.07) is 19.9. The molecule has 154 valence electrons. The van der Waals surface area contributed by atoms with Crippen LogP contribution in [0.2, 0.25) is 0 Å². The number of nitrogens with one attached hydrogen (secondary N) is 1. The number of ether oxygens (including phenoxy) is 1. The van der Waals surface area contributed by atoms with Crippen LogP contribution in [0.3, 0.4) is 0 Å². The van der Waals surface area contributed by atoms with E-state index >= 15 is 0 Å². The van der Waals surface area contributed by atoms with Crippen LogP contribution in [0.25, 0.3) is 0 Å². The number of anilines is 1. The van der Waals surface area contributed by atoms with Gasteiger partial charge in [-0.2, -0.15) is 15.0 Å². The highest BCUT2D eigenvalue weighted by atomic mass is 32.2. The van der Waals surface area contributed by atoms with Gasteiger partial charge >= 0.3 is 5.97 Å². The topological polar surface area (TPSA) is 77.0 Å². The molecule has 1 aliphatic rings. The first-order chi connectivity index (χ1) is 14.7. The second kappa shape index (κ2) is 9.49. The number of hydrogen-bond donors (Lipinski definition) is 1. The maximum Gasteiger partial charge on any atom is 0.331 e. The second-order valence-corrected chi connectivity index (χ2v) is 9.04. The fraction of sp³-hybridized carbons (Fsp3) is 0.273. The molecule has 3 aromatic rings. The Morgan fingerprint density at radius 2 is 1.37 bits per heavy atom. The number of nitrogens with zero attached hydrogens (tertiary/aromatic N) is 3. The summed E-state index contributed by atoms with van der Waals surface area (Å²) >= 11 is 2.93. The molecule has 1 aromatic heterocycles. The van der Waals surface area contributed by atoms with E-state index in [2.05, 4.69) is 20.3 Å². The largest absolute Gasteiger partial charge is 0.467 e. The highest BCUT2D eigenvalue weighted by molar-refractivity contribution is 7.99. The normalized spacial score (nSPS) is 15.0. The van der Waals surface area contributed by atoms with Crippen molar-refractivity contribution in [2.45, 2.75) is 51.3 Å². The number of methoxy groups -OCH3 is 1. The van der Waals surface area contributed by atoms with E-state index in [1.807, 2.05) is 60.7 Å². The van der Waals surface area contributed by atoms with Crippen LogP contribution in [0.1, 0.15) is 25.7 Å². The molecule has 30 heavy (non-hydrogen) atoms. The van der Waals surface area contributed by atoms with Crippen LogP contribution < -0.4 is 5.32 Å². The molecule has 0 unspecified atom stereocenters. The summed E-state index contributed by atoms with van der Waals surface area (Å²) in [4.78, 5) is 28.4. The van der Waals surface area contributed by atoms with Crippen molar-refractivity contribution in [3.63, 3.8) is 0 Å². The molecule has 8 heteroatoms. The fourth-order valence-electron chi connectivity index (χ4n) is 3.44. The fourth-order valence-corrected chi connectivity index (χ4v) is 5.04. The number of rotatable bonds is 7. The zero-order valence-corrected chi connectivity index (χ0v) is 18.2. The summed E-state index contributed by atoms with van der Waals surface area (Å²) in [5.74, 6) is 0.129. The van der Waals surface area contributed by atoms with Gasteiger partial charge in [-0.05, 0) is 60.6 Å². The van der Waals surface area contributed by atoms with Gasteiger partial charge in [-0.25, -0.2) is 4.79 Å². The van der Waals surface area contributed by atoms with Crippen molar-refractivity contribution in [2.24, 2.45) is 0 Å². The van der Waals surface area contributed by atoms with Crippen LogP contribution in [0.4, 0.5) is 5.95 Å². The Morgan fingerprint density at radius 3 is 1.83 bits per heavy atom. The van der Waals surface area contributed by atoms with Gasteiger partial charge in [0.25, 0.3) is 0 Å². The molecule has 0 spiro atoms. The van der Waals surface area contributed by atoms with Crippen LogP contribution >= 0.6 is 23.5 Å². The Kier molecular flexibility index (Phi) is 6.54. The first-order valence-electron chi connectivity index (χ1n) is 9.75. The van der Waals surface area contributed by atoms with Gasteiger partial charge in [0.15, 0.2) is 10.3 Å². The zero-order chi connectivity index (χ0) is 20.8. The third-order valence-electron chi connectivity index (χ3n) is 4.88. The molecule has 1 fully saturated rings. The number of carbonyl (C=O) groups excluding carboxylic acids is 1. The van der Waals surface area contributed by atoms with E-state index in [4.69, 9.17) is 4.74 Å². The first-order valence-corrected chi connectivity index (χ1v) is 11.4. The molecule has 0 atom stereocenters. The van der Waals surface area contributed by atoms with Crippen molar-refractivity contribution in [3.05, 3.63) is 60.7 Å². The molecule has 0 saturated heterocycles. The van der Waals surface area contributed by atoms with Gasteiger partial charge in [0.05, 0.1) is 7.11 Å². The van der Waals surface area contributed by atoms with E-state index in [9.17, 15) is 4.79 Å². The number of carbonyl (C=O) groups is 1. The summed E-state index contributed by atoms with van der Waals surface area (Å²) in [7, 11) is 1.42. The van der Waals surface area contributed by atoms with Crippen molar-refractivity contribution in [3.8, 4) is 0 Å². The summed E-state index contributed by atoms with van der Waals surface area (Å²) in [6.07, 6.45) is 3.33. The molecule has 1 heterocycles. The standard InChI is InChI=1S/C22H22N4O2S2/c1-28-18(27)22(14-8-9-15-22)26-19-23-20(29-16-10-4-2-5-11-16)25-21(24-19)30-17-12-6-3-7-13-17/h2-7,10-13H,8-9,14-15H2,1H3,(H,23,24,25,26). The predicted molar refractivity (Wildman–Crippen MR) is 118 cm³/mol. The summed E-state index contributed by atoms with van der Waals surface area (Å²) in [6.45, 7) is 0. The van der Waals surface area contributed by atoms with E-state index < -0.39 is 5.54 Å². The van der Waals surface area contributed by atoms with Crippen LogP contribution in [-0.4, -0.2) is 33.6 Å². The lowest BCUT2D eigenvalue weighted by molar-refractivity contribution is -0.145. The lowest BCUT2D eigenvalue weighted by Crippen LogP contribution is -2.45. The van der Waals surface area contributed by atoms with Gasteiger partial charge in [-0.3, -0.25) is 0 Å². The van der Waals surface area contributed by atoms with Crippen molar-refractivity contribution in [1.82, 2.24) is 15.0 Å². The predicted octanol–water partition coefficient (Wildman–Crippen LogP) is 5.07. The Hall–Kier alpha value is -2.58. The third-order valence-corrected chi connectivity index (χ3v) is 6.63. The van der Waals surface area contributed by atoms with Crippen LogP contribution in [-0.2, 0) is 9.53 Å². The van der Waals surface area contributed by atoms with Crippen LogP contribution in [0, 0.1) is 0 Å². The Balaban J connectivity index is 1.66. The van der Waals surface area contributed by atoms with E-state index in [0.29, 0.717) is 29.1 Å². The first kappa shape index (κ1) is 20.7. The lowest BCUT2D eigenvalue weighted by Gasteiger charge is -2.27. The van der Waals surface area contributed by atoms with Crippen molar-refractivity contribution < 1.29 is 9.53 Å². The Morgan fingerprint density at radius 1 is 0.867 bits per heavy atom. The molecular weight excluding hydrogens is 416 g/mol. The van der Waals surface area contributed by atoms with Gasteiger partial charge in [0.1, 0.15) is 5.54 Å². The average molecular weight is 439 g/mol. The molecule has 0 radical (unpaired) electrons. The summed E-state index contributed by atoms with van der Waals surface area (Å²) in [5.41, 5.74) is -0.778. The van der Waals surface area contributed by atoms with Crippen LogP contribution in [0.15, 0.2) is 80.8 Å². The number of benzene rings is 2. The molecule has 1 N–H and O–H groups in total. The number of hydrogen-bond acceptors (Lipinski definition) is 8. The number of aromatic nitrogens is 3. The maximum absolute atomic E-state index is 12.5. The van der Waals surface area contributed by atoms with Gasteiger partial charge in [-0.15, -0.1) is 0 Å². The molecule has 6 nitrogen and oxygen atoms in total. The molecule has 0 aliphatic heterocycles. The van der Waals surface area contributed by atoms with Crippen molar-refractivity contribution in [1.29, 1.82) is 0 Å². The van der Waals surface area contributed by atoms with Gasteiger partial charge in [0, 0.05) is 9.79 Å². The lowest BCUT2D eigenvalue weighted by atomic mass is 9.98. The molecule has 4 rings (SSSR count). The number of esters is 1. The van der Waals surface area contributed by atoms with Crippen molar-refractivity contribution >= 4 is 35.4 Å². The zero-order valence-electron chi connectivity index (χ0n) is 16.6. The van der Waals surface area contributed by atoms with E-state index in [-0.39, 0.29) is 5.97 Å². The summed E-state index contributed by atoms with van der Waals surface area (Å²) in [5, 5.41) is 4.45. The molecular formula is C22H22N4O2S2. The average Bonchev–Trinajstić information content (AvgIpc) is 3.24. The Labute approximate surface area is 184 Å². The summed E-state index contributed by atoms with van der Waals surface area (Å²) < 4.78 is 5.08. The monoisotopic (exact) mass is 438 g/mol. The Bertz CT molecular complexity index is 937. The smallest absolute Gasteiger partial charge is 0.331 e. The molecule has 0 bridgehead atoms. The second-order valence-electron chi connectivity index (χ2n) is 6.96. The maximum atomic E-state index is 12.5. The minimum absolute atomic E-state index is 0.269. The molecule has 1 saturated carbocycles. The van der Waals surface area contributed by atoms with Crippen LogP contribution in [0.5, 0.6) is 0 Å².